The highest BCUT2D eigenvalue weighted by atomic mass is 79.9. The predicted octanol–water partition coefficient (Wildman–Crippen LogP) is 3.52. The fourth-order valence-electron chi connectivity index (χ4n) is 1.43. The van der Waals surface area contributed by atoms with Gasteiger partial charge in [-0.1, -0.05) is 29.8 Å². The molecule has 5 heteroatoms. The van der Waals surface area contributed by atoms with Crippen molar-refractivity contribution < 1.29 is 4.79 Å². The molecule has 1 aromatic rings. The van der Waals surface area contributed by atoms with Crippen LogP contribution in [0.5, 0.6) is 0 Å². The second-order valence-corrected chi connectivity index (χ2v) is 6.12. The van der Waals surface area contributed by atoms with Crippen LogP contribution in [0.25, 0.3) is 0 Å². The van der Waals surface area contributed by atoms with Crippen molar-refractivity contribution in [2.45, 2.75) is 26.3 Å². The summed E-state index contributed by atoms with van der Waals surface area (Å²) in [5.74, 6) is 0.249. The molecule has 1 amide bonds. The molecule has 0 saturated carbocycles. The number of carbonyl (C=O) groups is 1. The van der Waals surface area contributed by atoms with Crippen LogP contribution < -0.4 is 11.1 Å². The maximum Gasteiger partial charge on any atom is 0.241 e. The van der Waals surface area contributed by atoms with Crippen molar-refractivity contribution in [2.24, 2.45) is 11.7 Å². The molecule has 1 aromatic carbocycles. The van der Waals surface area contributed by atoms with Crippen LogP contribution in [0, 0.1) is 5.92 Å². The van der Waals surface area contributed by atoms with Gasteiger partial charge in [0.15, 0.2) is 0 Å². The predicted molar refractivity (Wildman–Crippen MR) is 77.9 cm³/mol. The van der Waals surface area contributed by atoms with Gasteiger partial charge in [0.05, 0.1) is 11.7 Å². The lowest BCUT2D eigenvalue weighted by molar-refractivity contribution is -0.117. The van der Waals surface area contributed by atoms with E-state index in [1.165, 1.54) is 0 Å². The molecule has 0 saturated heterocycles. The van der Waals surface area contributed by atoms with Gasteiger partial charge in [-0.3, -0.25) is 4.79 Å². The molecule has 1 unspecified atom stereocenters. The molecule has 0 spiro atoms. The van der Waals surface area contributed by atoms with Crippen LogP contribution in [0.1, 0.15) is 20.3 Å². The number of rotatable bonds is 4. The number of nitrogens with two attached hydrogens (primary N) is 1. The normalized spacial score (nSPS) is 12.6. The van der Waals surface area contributed by atoms with E-state index < -0.39 is 6.04 Å². The maximum absolute atomic E-state index is 11.8. The second kappa shape index (κ2) is 6.52. The zero-order valence-corrected chi connectivity index (χ0v) is 13.0. The van der Waals surface area contributed by atoms with Crippen molar-refractivity contribution in [2.75, 3.05) is 5.32 Å². The highest BCUT2D eigenvalue weighted by molar-refractivity contribution is 9.11. The summed E-state index contributed by atoms with van der Waals surface area (Å²) >= 11 is 6.74. The SMILES string of the molecule is CC(C)CC(N)C(=O)Nc1cc(Br)ccc1Br. The lowest BCUT2D eigenvalue weighted by Gasteiger charge is -2.15. The number of hydrogen-bond donors (Lipinski definition) is 2. The van der Waals surface area contributed by atoms with Crippen LogP contribution in [-0.4, -0.2) is 11.9 Å². The zero-order valence-electron chi connectivity index (χ0n) is 9.84. The monoisotopic (exact) mass is 362 g/mol. The second-order valence-electron chi connectivity index (χ2n) is 4.35. The Hall–Kier alpha value is -0.390. The third-order valence-corrected chi connectivity index (χ3v) is 3.43. The Morgan fingerprint density at radius 2 is 2.06 bits per heavy atom. The van der Waals surface area contributed by atoms with Gasteiger partial charge in [0.1, 0.15) is 0 Å². The van der Waals surface area contributed by atoms with Crippen LogP contribution in [0.3, 0.4) is 0 Å². The Kier molecular flexibility index (Phi) is 5.62. The van der Waals surface area contributed by atoms with Gasteiger partial charge in [0, 0.05) is 8.95 Å². The minimum atomic E-state index is -0.471. The standard InChI is InChI=1S/C12H16Br2N2O/c1-7(2)5-10(15)12(17)16-11-6-8(13)3-4-9(11)14/h3-4,6-7,10H,5,15H2,1-2H3,(H,16,17). The summed E-state index contributed by atoms with van der Waals surface area (Å²) in [6.45, 7) is 4.09. The third-order valence-electron chi connectivity index (χ3n) is 2.25. The van der Waals surface area contributed by atoms with Crippen LogP contribution in [-0.2, 0) is 4.79 Å². The number of benzene rings is 1. The molecule has 0 radical (unpaired) electrons. The molecule has 0 bridgehead atoms. The van der Waals surface area contributed by atoms with Crippen molar-refractivity contribution >= 4 is 43.5 Å². The number of halogens is 2. The number of nitrogens with one attached hydrogen (secondary N) is 1. The van der Waals surface area contributed by atoms with E-state index in [9.17, 15) is 4.79 Å². The smallest absolute Gasteiger partial charge is 0.241 e. The molecule has 3 nitrogen and oxygen atoms in total. The molecule has 3 N–H and O–H groups in total. The summed E-state index contributed by atoms with van der Waals surface area (Å²) in [5.41, 5.74) is 6.54. The quantitative estimate of drug-likeness (QED) is 0.859. The van der Waals surface area contributed by atoms with Crippen LogP contribution >= 0.6 is 31.9 Å². The molecule has 1 atom stereocenters. The Morgan fingerprint density at radius 3 is 2.65 bits per heavy atom. The number of carbonyl (C=O) groups excluding carboxylic acids is 1. The molecule has 0 aliphatic rings. The summed E-state index contributed by atoms with van der Waals surface area (Å²) in [5, 5.41) is 2.82. The van der Waals surface area contributed by atoms with Gasteiger partial charge in [-0.15, -0.1) is 0 Å². The topological polar surface area (TPSA) is 55.1 Å². The summed E-state index contributed by atoms with van der Waals surface area (Å²) in [4.78, 5) is 11.8. The van der Waals surface area contributed by atoms with Gasteiger partial charge in [-0.05, 0) is 46.5 Å². The molecule has 0 aromatic heterocycles. The number of amides is 1. The largest absolute Gasteiger partial charge is 0.324 e. The molecule has 0 fully saturated rings. The maximum atomic E-state index is 11.8. The van der Waals surface area contributed by atoms with Crippen molar-refractivity contribution in [3.05, 3.63) is 27.1 Å². The van der Waals surface area contributed by atoms with Gasteiger partial charge in [0.2, 0.25) is 5.91 Å². The Balaban J connectivity index is 2.70. The Bertz CT molecular complexity index is 407. The molecule has 0 aliphatic carbocycles. The average molecular weight is 364 g/mol. The van der Waals surface area contributed by atoms with E-state index >= 15 is 0 Å². The van der Waals surface area contributed by atoms with E-state index in [1.54, 1.807) is 0 Å². The van der Waals surface area contributed by atoms with Crippen LogP contribution in [0.4, 0.5) is 5.69 Å². The summed E-state index contributed by atoms with van der Waals surface area (Å²) in [7, 11) is 0. The first-order valence-electron chi connectivity index (χ1n) is 5.41. The van der Waals surface area contributed by atoms with Crippen LogP contribution in [0.15, 0.2) is 27.1 Å². The van der Waals surface area contributed by atoms with Gasteiger partial charge >= 0.3 is 0 Å². The molecule has 1 rings (SSSR count). The van der Waals surface area contributed by atoms with Crippen LogP contribution in [0.2, 0.25) is 0 Å². The summed E-state index contributed by atoms with van der Waals surface area (Å²) in [6.07, 6.45) is 0.678. The first kappa shape index (κ1) is 14.7. The molecule has 0 aliphatic heterocycles. The fourth-order valence-corrected chi connectivity index (χ4v) is 2.14. The van der Waals surface area contributed by atoms with E-state index in [1.807, 2.05) is 32.0 Å². The van der Waals surface area contributed by atoms with E-state index in [0.717, 1.165) is 14.6 Å². The Morgan fingerprint density at radius 1 is 1.41 bits per heavy atom. The van der Waals surface area contributed by atoms with E-state index in [2.05, 4.69) is 37.2 Å². The van der Waals surface area contributed by atoms with E-state index in [0.29, 0.717) is 12.3 Å². The number of hydrogen-bond acceptors (Lipinski definition) is 2. The van der Waals surface area contributed by atoms with E-state index in [-0.39, 0.29) is 5.91 Å². The fraction of sp³-hybridized carbons (Fsp3) is 0.417. The van der Waals surface area contributed by atoms with Crippen molar-refractivity contribution in [1.29, 1.82) is 0 Å². The molecule has 17 heavy (non-hydrogen) atoms. The van der Waals surface area contributed by atoms with Crippen molar-refractivity contribution in [3.63, 3.8) is 0 Å². The summed E-state index contributed by atoms with van der Waals surface area (Å²) in [6, 6.07) is 5.13. The zero-order chi connectivity index (χ0) is 13.0. The molecular weight excluding hydrogens is 348 g/mol. The van der Waals surface area contributed by atoms with Gasteiger partial charge in [-0.2, -0.15) is 0 Å². The lowest BCUT2D eigenvalue weighted by atomic mass is 10.0. The van der Waals surface area contributed by atoms with Crippen molar-refractivity contribution in [3.8, 4) is 0 Å². The van der Waals surface area contributed by atoms with Gasteiger partial charge in [0.25, 0.3) is 0 Å². The molecule has 0 heterocycles. The minimum absolute atomic E-state index is 0.155. The number of anilines is 1. The third kappa shape index (κ3) is 4.77. The molecular formula is C12H16Br2N2O. The minimum Gasteiger partial charge on any atom is -0.324 e. The first-order valence-corrected chi connectivity index (χ1v) is 7.00. The van der Waals surface area contributed by atoms with Gasteiger partial charge < -0.3 is 11.1 Å². The molecule has 94 valence electrons. The van der Waals surface area contributed by atoms with Gasteiger partial charge in [-0.25, -0.2) is 0 Å². The summed E-state index contributed by atoms with van der Waals surface area (Å²) < 4.78 is 1.75. The first-order chi connectivity index (χ1) is 7.90. The van der Waals surface area contributed by atoms with Crippen molar-refractivity contribution in [1.82, 2.24) is 0 Å². The van der Waals surface area contributed by atoms with E-state index in [4.69, 9.17) is 5.73 Å². The highest BCUT2D eigenvalue weighted by Crippen LogP contribution is 2.26. The Labute approximate surface area is 118 Å². The average Bonchev–Trinajstić information content (AvgIpc) is 2.22. The highest BCUT2D eigenvalue weighted by Gasteiger charge is 2.16. The lowest BCUT2D eigenvalue weighted by Crippen LogP contribution is -2.36.